The van der Waals surface area contributed by atoms with Gasteiger partial charge in [0, 0.05) is 13.2 Å². The molecule has 0 aliphatic rings. The van der Waals surface area contributed by atoms with E-state index in [4.69, 9.17) is 10.6 Å². The maximum Gasteiger partial charge on any atom is 0.253 e. The Morgan fingerprint density at radius 2 is 2.11 bits per heavy atom. The number of benzene rings is 1. The quantitative estimate of drug-likeness (QED) is 0.372. The number of hydrazine groups is 1. The van der Waals surface area contributed by atoms with Gasteiger partial charge in [0.15, 0.2) is 0 Å². The number of para-hydroxylation sites is 1. The van der Waals surface area contributed by atoms with Crippen molar-refractivity contribution >= 4 is 11.6 Å². The van der Waals surface area contributed by atoms with Crippen LogP contribution in [0.25, 0.3) is 0 Å². The predicted octanol–water partition coefficient (Wildman–Crippen LogP) is 1.52. The average Bonchev–Trinajstić information content (AvgIpc) is 2.42. The lowest BCUT2D eigenvalue weighted by molar-refractivity contribution is 0.0913. The summed E-state index contributed by atoms with van der Waals surface area (Å²) in [4.78, 5) is 11.9. The summed E-state index contributed by atoms with van der Waals surface area (Å²) < 4.78 is 5.36. The number of ether oxygens (including phenoxy) is 1. The van der Waals surface area contributed by atoms with Crippen molar-refractivity contribution < 1.29 is 9.53 Å². The van der Waals surface area contributed by atoms with Gasteiger partial charge in [-0.05, 0) is 18.6 Å². The zero-order valence-electron chi connectivity index (χ0n) is 10.7. The van der Waals surface area contributed by atoms with E-state index < -0.39 is 0 Å². The number of amides is 1. The second-order valence-corrected chi connectivity index (χ2v) is 3.91. The lowest BCUT2D eigenvalue weighted by atomic mass is 10.1. The Balaban J connectivity index is 2.32. The number of unbranched alkanes of at least 4 members (excludes halogenated alkanes) is 1. The third-order valence-corrected chi connectivity index (χ3v) is 2.50. The highest BCUT2D eigenvalue weighted by molar-refractivity contribution is 5.99. The van der Waals surface area contributed by atoms with E-state index in [9.17, 15) is 4.79 Å². The fourth-order valence-electron chi connectivity index (χ4n) is 1.49. The first-order valence-corrected chi connectivity index (χ1v) is 6.21. The average molecular weight is 251 g/mol. The van der Waals surface area contributed by atoms with Crippen molar-refractivity contribution in [3.8, 4) is 0 Å². The molecule has 1 rings (SSSR count). The molecule has 0 unspecified atom stereocenters. The van der Waals surface area contributed by atoms with Gasteiger partial charge in [0.1, 0.15) is 0 Å². The molecule has 4 N–H and O–H groups in total. The standard InChI is InChI=1S/C13H21N3O2/c1-2-3-9-18-10-8-15-13(17)11-6-4-5-7-12(11)16-14/h4-7,16H,2-3,8-10,14H2,1H3,(H,15,17). The number of carbonyl (C=O) groups is 1. The van der Waals surface area contributed by atoms with Gasteiger partial charge in [-0.25, -0.2) is 0 Å². The minimum absolute atomic E-state index is 0.150. The van der Waals surface area contributed by atoms with Crippen LogP contribution in [-0.2, 0) is 4.74 Å². The molecule has 1 aromatic carbocycles. The molecule has 0 fully saturated rings. The Bertz CT molecular complexity index is 369. The fourth-order valence-corrected chi connectivity index (χ4v) is 1.49. The van der Waals surface area contributed by atoms with Crippen LogP contribution in [0.3, 0.4) is 0 Å². The monoisotopic (exact) mass is 251 g/mol. The second kappa shape index (κ2) is 8.49. The van der Waals surface area contributed by atoms with Gasteiger partial charge < -0.3 is 15.5 Å². The summed E-state index contributed by atoms with van der Waals surface area (Å²) in [5, 5.41) is 2.79. The molecule has 1 amide bonds. The number of hydrogen-bond donors (Lipinski definition) is 3. The Morgan fingerprint density at radius 1 is 1.33 bits per heavy atom. The van der Waals surface area contributed by atoms with E-state index in [2.05, 4.69) is 17.7 Å². The number of anilines is 1. The van der Waals surface area contributed by atoms with E-state index in [0.29, 0.717) is 24.4 Å². The summed E-state index contributed by atoms with van der Waals surface area (Å²) >= 11 is 0. The third-order valence-electron chi connectivity index (χ3n) is 2.50. The number of hydrogen-bond acceptors (Lipinski definition) is 4. The van der Waals surface area contributed by atoms with Crippen LogP contribution >= 0.6 is 0 Å². The highest BCUT2D eigenvalue weighted by Gasteiger charge is 2.08. The van der Waals surface area contributed by atoms with E-state index in [1.807, 2.05) is 6.07 Å². The van der Waals surface area contributed by atoms with Crippen molar-refractivity contribution in [2.75, 3.05) is 25.2 Å². The lowest BCUT2D eigenvalue weighted by Gasteiger charge is -2.09. The number of carbonyl (C=O) groups excluding carboxylic acids is 1. The van der Waals surface area contributed by atoms with Crippen LogP contribution < -0.4 is 16.6 Å². The van der Waals surface area contributed by atoms with Crippen molar-refractivity contribution in [1.29, 1.82) is 0 Å². The number of rotatable bonds is 8. The number of nitrogens with two attached hydrogens (primary N) is 1. The molecule has 0 saturated heterocycles. The third kappa shape index (κ3) is 4.73. The van der Waals surface area contributed by atoms with Crippen LogP contribution in [0.1, 0.15) is 30.1 Å². The summed E-state index contributed by atoms with van der Waals surface area (Å²) in [6.07, 6.45) is 2.16. The smallest absolute Gasteiger partial charge is 0.253 e. The zero-order valence-corrected chi connectivity index (χ0v) is 10.7. The molecule has 18 heavy (non-hydrogen) atoms. The zero-order chi connectivity index (χ0) is 13.2. The highest BCUT2D eigenvalue weighted by atomic mass is 16.5. The van der Waals surface area contributed by atoms with Crippen LogP contribution in [0.4, 0.5) is 5.69 Å². The van der Waals surface area contributed by atoms with Crippen molar-refractivity contribution in [2.45, 2.75) is 19.8 Å². The van der Waals surface area contributed by atoms with Gasteiger partial charge in [0.2, 0.25) is 0 Å². The first kappa shape index (κ1) is 14.5. The molecule has 0 spiro atoms. The summed E-state index contributed by atoms with van der Waals surface area (Å²) in [6, 6.07) is 7.10. The van der Waals surface area contributed by atoms with Gasteiger partial charge >= 0.3 is 0 Å². The van der Waals surface area contributed by atoms with Crippen LogP contribution in [-0.4, -0.2) is 25.7 Å². The Morgan fingerprint density at radius 3 is 2.83 bits per heavy atom. The second-order valence-electron chi connectivity index (χ2n) is 3.91. The van der Waals surface area contributed by atoms with Crippen molar-refractivity contribution in [3.05, 3.63) is 29.8 Å². The topological polar surface area (TPSA) is 76.4 Å². The fraction of sp³-hybridized carbons (Fsp3) is 0.462. The molecule has 1 aromatic rings. The molecule has 0 aromatic heterocycles. The molecule has 0 saturated carbocycles. The molecule has 0 heterocycles. The predicted molar refractivity (Wildman–Crippen MR) is 72.3 cm³/mol. The molecule has 100 valence electrons. The highest BCUT2D eigenvalue weighted by Crippen LogP contribution is 2.12. The van der Waals surface area contributed by atoms with E-state index in [1.54, 1.807) is 18.2 Å². The minimum atomic E-state index is -0.150. The van der Waals surface area contributed by atoms with Gasteiger partial charge in [0.05, 0.1) is 17.9 Å². The summed E-state index contributed by atoms with van der Waals surface area (Å²) in [5.74, 6) is 5.19. The van der Waals surface area contributed by atoms with E-state index in [-0.39, 0.29) is 5.91 Å². The Kier molecular flexibility index (Phi) is 6.83. The molecule has 0 radical (unpaired) electrons. The van der Waals surface area contributed by atoms with Gasteiger partial charge in [-0.3, -0.25) is 10.6 Å². The normalized spacial score (nSPS) is 10.1. The Labute approximate surface area is 108 Å². The van der Waals surface area contributed by atoms with Gasteiger partial charge in [0.25, 0.3) is 5.91 Å². The van der Waals surface area contributed by atoms with Crippen LogP contribution in [0, 0.1) is 0 Å². The summed E-state index contributed by atoms with van der Waals surface area (Å²) in [7, 11) is 0. The maximum absolute atomic E-state index is 11.9. The van der Waals surface area contributed by atoms with Crippen LogP contribution in [0.5, 0.6) is 0 Å². The van der Waals surface area contributed by atoms with Crippen molar-refractivity contribution in [3.63, 3.8) is 0 Å². The Hall–Kier alpha value is -1.59. The van der Waals surface area contributed by atoms with Crippen LogP contribution in [0.2, 0.25) is 0 Å². The molecule has 5 nitrogen and oxygen atoms in total. The van der Waals surface area contributed by atoms with E-state index in [0.717, 1.165) is 19.4 Å². The summed E-state index contributed by atoms with van der Waals surface area (Å²) in [6.45, 7) is 3.89. The largest absolute Gasteiger partial charge is 0.380 e. The SMILES string of the molecule is CCCCOCCNC(=O)c1ccccc1NN. The first-order valence-electron chi connectivity index (χ1n) is 6.21. The summed E-state index contributed by atoms with van der Waals surface area (Å²) in [5.41, 5.74) is 3.65. The van der Waals surface area contributed by atoms with Crippen molar-refractivity contribution in [2.24, 2.45) is 5.84 Å². The van der Waals surface area contributed by atoms with Crippen LogP contribution in [0.15, 0.2) is 24.3 Å². The number of nitrogen functional groups attached to an aromatic ring is 1. The maximum atomic E-state index is 11.9. The lowest BCUT2D eigenvalue weighted by Crippen LogP contribution is -2.28. The minimum Gasteiger partial charge on any atom is -0.380 e. The molecule has 0 atom stereocenters. The molecule has 0 aliphatic heterocycles. The molecular formula is C13H21N3O2. The van der Waals surface area contributed by atoms with Gasteiger partial charge in [-0.1, -0.05) is 25.5 Å². The molecule has 0 bridgehead atoms. The molecule has 0 aliphatic carbocycles. The molecular weight excluding hydrogens is 230 g/mol. The van der Waals surface area contributed by atoms with Gasteiger partial charge in [-0.2, -0.15) is 0 Å². The van der Waals surface area contributed by atoms with Crippen molar-refractivity contribution in [1.82, 2.24) is 5.32 Å². The van der Waals surface area contributed by atoms with E-state index >= 15 is 0 Å². The molecule has 5 heteroatoms. The van der Waals surface area contributed by atoms with Gasteiger partial charge in [-0.15, -0.1) is 0 Å². The number of nitrogens with one attached hydrogen (secondary N) is 2. The van der Waals surface area contributed by atoms with E-state index in [1.165, 1.54) is 0 Å². The first-order chi connectivity index (χ1) is 8.79.